The number of carbonyl (C=O) groups excluding carboxylic acids is 2. The van der Waals surface area contributed by atoms with Gasteiger partial charge in [0.05, 0.1) is 26.4 Å². The molecule has 0 bridgehead atoms. The van der Waals surface area contributed by atoms with Crippen LogP contribution in [-0.2, 0) is 19.1 Å². The molecule has 0 aromatic heterocycles. The van der Waals surface area contributed by atoms with E-state index in [1.165, 1.54) is 6.92 Å². The lowest BCUT2D eigenvalue weighted by molar-refractivity contribution is -0.122. The molecule has 5 nitrogen and oxygen atoms in total. The summed E-state index contributed by atoms with van der Waals surface area (Å²) in [5.74, 6) is 0.142. The van der Waals surface area contributed by atoms with Crippen molar-refractivity contribution in [2.45, 2.75) is 33.1 Å². The molecule has 0 aromatic rings. The fourth-order valence-electron chi connectivity index (χ4n) is 1.06. The van der Waals surface area contributed by atoms with E-state index in [4.69, 9.17) is 9.47 Å². The minimum atomic E-state index is 0. The number of rotatable bonds is 11. The number of ketones is 1. The second-order valence-electron chi connectivity index (χ2n) is 3.78. The van der Waals surface area contributed by atoms with Crippen LogP contribution in [0.15, 0.2) is 0 Å². The third kappa shape index (κ3) is 13.0. The van der Waals surface area contributed by atoms with Crippen LogP contribution in [-0.4, -0.2) is 44.7 Å². The van der Waals surface area contributed by atoms with E-state index in [2.05, 4.69) is 5.32 Å². The normalized spacial score (nSPS) is 10.2. The topological polar surface area (TPSA) is 64.6 Å². The first-order valence-electron chi connectivity index (χ1n) is 6.08. The lowest BCUT2D eigenvalue weighted by Crippen LogP contribution is -2.25. The fourth-order valence-corrected chi connectivity index (χ4v) is 1.06. The van der Waals surface area contributed by atoms with E-state index in [0.717, 1.165) is 6.42 Å². The predicted octanol–water partition coefficient (Wildman–Crippen LogP) is 1.16. The molecule has 1 N–H and O–H groups in total. The summed E-state index contributed by atoms with van der Waals surface area (Å²) in [6.07, 6.45) is 1.77. The van der Waals surface area contributed by atoms with Gasteiger partial charge >= 0.3 is 0 Å². The molecule has 17 heavy (non-hydrogen) atoms. The zero-order valence-electron chi connectivity index (χ0n) is 10.8. The smallest absolute Gasteiger partial charge is 0.222 e. The Bertz CT molecular complexity index is 224. The maximum absolute atomic E-state index is 11.2. The number of Topliss-reactive ketones (excluding diaryl/α,β-unsaturated/α-hetero) is 1. The van der Waals surface area contributed by atoms with Crippen molar-refractivity contribution in [1.29, 1.82) is 0 Å². The minimum Gasteiger partial charge on any atom is -0.379 e. The van der Waals surface area contributed by atoms with E-state index in [1.54, 1.807) is 0 Å². The Hall–Kier alpha value is -0.940. The third-order valence-electron chi connectivity index (χ3n) is 2.02. The monoisotopic (exact) mass is 247 g/mol. The van der Waals surface area contributed by atoms with Gasteiger partial charge in [0.15, 0.2) is 0 Å². The Morgan fingerprint density at radius 3 is 2.18 bits per heavy atom. The van der Waals surface area contributed by atoms with Crippen molar-refractivity contribution < 1.29 is 20.5 Å². The van der Waals surface area contributed by atoms with Crippen LogP contribution in [0.4, 0.5) is 0 Å². The molecule has 0 radical (unpaired) electrons. The Labute approximate surface area is 104 Å². The Morgan fingerprint density at radius 2 is 1.65 bits per heavy atom. The van der Waals surface area contributed by atoms with Gasteiger partial charge in [0.2, 0.25) is 5.91 Å². The summed E-state index contributed by atoms with van der Waals surface area (Å²) in [5, 5.41) is 2.77. The van der Waals surface area contributed by atoms with Crippen LogP contribution >= 0.6 is 0 Å². The molecule has 0 aliphatic carbocycles. The van der Waals surface area contributed by atoms with Crippen LogP contribution in [0.2, 0.25) is 0 Å². The number of nitrogens with one attached hydrogen (secondary N) is 1. The second-order valence-corrected chi connectivity index (χ2v) is 3.78. The average molecular weight is 247 g/mol. The lowest BCUT2D eigenvalue weighted by Gasteiger charge is -2.05. The molecule has 0 unspecified atom stereocenters. The van der Waals surface area contributed by atoms with Crippen LogP contribution in [0.3, 0.4) is 0 Å². The molecular formula is C12H25NO4. The molecule has 0 atom stereocenters. The van der Waals surface area contributed by atoms with Gasteiger partial charge in [0.1, 0.15) is 5.78 Å². The highest BCUT2D eigenvalue weighted by Gasteiger charge is 1.99. The van der Waals surface area contributed by atoms with Crippen LogP contribution < -0.4 is 5.32 Å². The van der Waals surface area contributed by atoms with Crippen LogP contribution in [0, 0.1) is 0 Å². The largest absolute Gasteiger partial charge is 0.379 e. The van der Waals surface area contributed by atoms with E-state index in [9.17, 15) is 9.59 Å². The van der Waals surface area contributed by atoms with Gasteiger partial charge in [-0.15, -0.1) is 0 Å². The molecule has 5 heteroatoms. The molecule has 0 fully saturated rings. The molecule has 0 heterocycles. The van der Waals surface area contributed by atoms with Crippen LogP contribution in [0.25, 0.3) is 0 Å². The number of ether oxygens (including phenoxy) is 2. The van der Waals surface area contributed by atoms with Gasteiger partial charge in [-0.1, -0.05) is 6.92 Å². The van der Waals surface area contributed by atoms with Crippen molar-refractivity contribution in [3.8, 4) is 0 Å². The summed E-state index contributed by atoms with van der Waals surface area (Å²) in [4.78, 5) is 21.7. The fraction of sp³-hybridized carbons (Fsp3) is 0.833. The summed E-state index contributed by atoms with van der Waals surface area (Å²) in [7, 11) is 0. The molecule has 1 amide bonds. The van der Waals surface area contributed by atoms with Crippen LogP contribution in [0.5, 0.6) is 0 Å². The van der Waals surface area contributed by atoms with Crippen molar-refractivity contribution in [3.63, 3.8) is 0 Å². The van der Waals surface area contributed by atoms with Gasteiger partial charge in [-0.2, -0.15) is 0 Å². The SMILES string of the molecule is CCCNC(=O)CCOCCOCCC(C)=O.[HH]. The molecule has 0 aromatic carbocycles. The molecule has 0 aliphatic heterocycles. The Morgan fingerprint density at radius 1 is 1.06 bits per heavy atom. The van der Waals surface area contributed by atoms with Crippen molar-refractivity contribution >= 4 is 11.7 Å². The van der Waals surface area contributed by atoms with Gasteiger partial charge in [0, 0.05) is 20.8 Å². The molecule has 0 aliphatic rings. The Kier molecular flexibility index (Phi) is 10.9. The molecule has 0 saturated carbocycles. The van der Waals surface area contributed by atoms with Crippen molar-refractivity contribution in [2.75, 3.05) is 33.0 Å². The highest BCUT2D eigenvalue weighted by Crippen LogP contribution is 1.87. The zero-order valence-corrected chi connectivity index (χ0v) is 10.8. The van der Waals surface area contributed by atoms with Gasteiger partial charge in [-0.3, -0.25) is 9.59 Å². The van der Waals surface area contributed by atoms with E-state index < -0.39 is 0 Å². The number of hydrogen-bond acceptors (Lipinski definition) is 4. The summed E-state index contributed by atoms with van der Waals surface area (Å²) in [6, 6.07) is 0. The first kappa shape index (κ1) is 16.1. The predicted molar refractivity (Wildman–Crippen MR) is 67.0 cm³/mol. The van der Waals surface area contributed by atoms with Gasteiger partial charge < -0.3 is 14.8 Å². The second kappa shape index (κ2) is 11.5. The molecule has 102 valence electrons. The molecule has 0 spiro atoms. The molecule has 0 saturated heterocycles. The average Bonchev–Trinajstić information content (AvgIpc) is 2.29. The number of amides is 1. The molecular weight excluding hydrogens is 222 g/mol. The summed E-state index contributed by atoms with van der Waals surface area (Å²) >= 11 is 0. The van der Waals surface area contributed by atoms with E-state index >= 15 is 0 Å². The van der Waals surface area contributed by atoms with E-state index in [1.807, 2.05) is 6.92 Å². The highest BCUT2D eigenvalue weighted by molar-refractivity contribution is 5.76. The third-order valence-corrected chi connectivity index (χ3v) is 2.02. The van der Waals surface area contributed by atoms with E-state index in [-0.39, 0.29) is 13.1 Å². The number of hydrogen-bond donors (Lipinski definition) is 1. The van der Waals surface area contributed by atoms with Gasteiger partial charge in [-0.05, 0) is 13.3 Å². The number of carbonyl (C=O) groups is 2. The maximum atomic E-state index is 11.2. The lowest BCUT2D eigenvalue weighted by atomic mass is 10.3. The van der Waals surface area contributed by atoms with Crippen molar-refractivity contribution in [2.24, 2.45) is 0 Å². The van der Waals surface area contributed by atoms with Crippen LogP contribution in [0.1, 0.15) is 34.5 Å². The van der Waals surface area contributed by atoms with Crippen molar-refractivity contribution in [3.05, 3.63) is 0 Å². The first-order valence-corrected chi connectivity index (χ1v) is 6.08. The summed E-state index contributed by atoms with van der Waals surface area (Å²) < 4.78 is 10.4. The van der Waals surface area contributed by atoms with Gasteiger partial charge in [-0.25, -0.2) is 0 Å². The Balaban J connectivity index is 0. The highest BCUT2D eigenvalue weighted by atomic mass is 16.5. The first-order chi connectivity index (χ1) is 8.16. The van der Waals surface area contributed by atoms with E-state index in [0.29, 0.717) is 45.8 Å². The zero-order chi connectivity index (χ0) is 12.9. The van der Waals surface area contributed by atoms with Gasteiger partial charge in [0.25, 0.3) is 0 Å². The summed E-state index contributed by atoms with van der Waals surface area (Å²) in [5.41, 5.74) is 0. The van der Waals surface area contributed by atoms with Crippen molar-refractivity contribution in [1.82, 2.24) is 5.32 Å². The minimum absolute atomic E-state index is 0. The standard InChI is InChI=1S/C12H23NO4.H2/c1-3-6-13-12(15)5-8-17-10-9-16-7-4-11(2)14;/h3-10H2,1-2H3,(H,13,15);1H. The molecule has 0 rings (SSSR count). The summed E-state index contributed by atoms with van der Waals surface area (Å²) in [6.45, 7) is 6.03. The maximum Gasteiger partial charge on any atom is 0.222 e. The quantitative estimate of drug-likeness (QED) is 0.556.